The minimum Gasteiger partial charge on any atom is -0.424 e. The monoisotopic (exact) mass is 290 g/mol. The summed E-state index contributed by atoms with van der Waals surface area (Å²) in [6.45, 7) is 3.97. The highest BCUT2D eigenvalue weighted by atomic mass is 32.5. The fourth-order valence-corrected chi connectivity index (χ4v) is 2.94. The molecule has 102 valence electrons. The Kier molecular flexibility index (Phi) is 5.50. The highest BCUT2D eigenvalue weighted by molar-refractivity contribution is 8.10. The second-order valence-corrected chi connectivity index (χ2v) is 7.91. The van der Waals surface area contributed by atoms with Gasteiger partial charge in [0.2, 0.25) is 12.4 Å². The molecular weight excluding hydrogens is 271 g/mol. The van der Waals surface area contributed by atoms with Crippen molar-refractivity contribution in [2.24, 2.45) is 7.05 Å². The van der Waals surface area contributed by atoms with E-state index in [2.05, 4.69) is 5.10 Å². The van der Waals surface area contributed by atoms with Gasteiger partial charge in [0, 0.05) is 24.8 Å². The zero-order chi connectivity index (χ0) is 13.8. The summed E-state index contributed by atoms with van der Waals surface area (Å²) in [5.74, 6) is 0.387. The largest absolute Gasteiger partial charge is 0.424 e. The smallest absolute Gasteiger partial charge is 0.266 e. The summed E-state index contributed by atoms with van der Waals surface area (Å²) in [7, 11) is 1.58. The lowest BCUT2D eigenvalue weighted by Gasteiger charge is -2.21. The van der Waals surface area contributed by atoms with Crippen molar-refractivity contribution < 1.29 is 9.05 Å². The van der Waals surface area contributed by atoms with Crippen LogP contribution in [0, 0.1) is 6.92 Å². The molecule has 5 nitrogen and oxygen atoms in total. The lowest BCUT2D eigenvalue weighted by atomic mass is 10.3. The Labute approximate surface area is 112 Å². The molecule has 0 spiro atoms. The first-order valence-electron chi connectivity index (χ1n) is 5.90. The molecule has 1 heterocycles. The standard InChI is InChI=1S/C11H19N2O3PS/c1-5-7-15-17(18,6-2)16-11-9(3)8-10(14)13(4)12-11/h8H,5-7H2,1-4H3. The zero-order valence-corrected chi connectivity index (χ0v) is 12.9. The van der Waals surface area contributed by atoms with Gasteiger partial charge in [-0.15, -0.1) is 5.10 Å². The van der Waals surface area contributed by atoms with Crippen molar-refractivity contribution in [3.63, 3.8) is 0 Å². The molecule has 0 saturated carbocycles. The van der Waals surface area contributed by atoms with E-state index in [9.17, 15) is 4.79 Å². The summed E-state index contributed by atoms with van der Waals surface area (Å²) in [6.07, 6.45) is 1.52. The molecular formula is C11H19N2O3PS. The molecule has 0 radical (unpaired) electrons. The third kappa shape index (κ3) is 3.90. The average Bonchev–Trinajstić information content (AvgIpc) is 2.33. The predicted molar refractivity (Wildman–Crippen MR) is 75.9 cm³/mol. The highest BCUT2D eigenvalue weighted by Gasteiger charge is 2.20. The fourth-order valence-electron chi connectivity index (χ4n) is 1.24. The SMILES string of the molecule is CCCOP(=S)(CC)Oc1nn(C)c(=O)cc1C. The second-order valence-electron chi connectivity index (χ2n) is 3.95. The third-order valence-electron chi connectivity index (χ3n) is 2.34. The topological polar surface area (TPSA) is 53.4 Å². The van der Waals surface area contributed by atoms with Gasteiger partial charge in [-0.1, -0.05) is 13.8 Å². The number of hydrogen-bond acceptors (Lipinski definition) is 5. The van der Waals surface area contributed by atoms with Gasteiger partial charge in [-0.3, -0.25) is 4.79 Å². The maximum Gasteiger partial charge on any atom is 0.266 e. The zero-order valence-electron chi connectivity index (χ0n) is 11.2. The lowest BCUT2D eigenvalue weighted by molar-refractivity contribution is 0.307. The van der Waals surface area contributed by atoms with Crippen molar-refractivity contribution in [2.75, 3.05) is 12.8 Å². The Morgan fingerprint density at radius 3 is 2.72 bits per heavy atom. The van der Waals surface area contributed by atoms with Crippen LogP contribution in [0.2, 0.25) is 0 Å². The van der Waals surface area contributed by atoms with E-state index in [-0.39, 0.29) is 5.56 Å². The lowest BCUT2D eigenvalue weighted by Crippen LogP contribution is -2.20. The molecule has 1 atom stereocenters. The molecule has 7 heteroatoms. The first-order valence-corrected chi connectivity index (χ1v) is 8.72. The number of aryl methyl sites for hydroxylation is 2. The molecule has 0 aliphatic rings. The number of nitrogens with zero attached hydrogens (tertiary/aromatic N) is 2. The van der Waals surface area contributed by atoms with Crippen molar-refractivity contribution in [3.8, 4) is 5.88 Å². The molecule has 0 bridgehead atoms. The molecule has 1 unspecified atom stereocenters. The normalized spacial score (nSPS) is 14.2. The van der Waals surface area contributed by atoms with E-state index in [1.54, 1.807) is 14.0 Å². The Hall–Kier alpha value is -0.710. The summed E-state index contributed by atoms with van der Waals surface area (Å²) < 4.78 is 12.6. The van der Waals surface area contributed by atoms with Crippen LogP contribution in [-0.4, -0.2) is 22.5 Å². The molecule has 0 aliphatic heterocycles. The van der Waals surface area contributed by atoms with Gasteiger partial charge >= 0.3 is 0 Å². The Bertz CT molecular complexity index is 516. The molecule has 0 fully saturated rings. The van der Waals surface area contributed by atoms with E-state index in [0.29, 0.717) is 24.2 Å². The summed E-state index contributed by atoms with van der Waals surface area (Å²) >= 11 is 5.43. The van der Waals surface area contributed by atoms with E-state index in [0.717, 1.165) is 6.42 Å². The number of rotatable bonds is 6. The molecule has 0 N–H and O–H groups in total. The first-order chi connectivity index (χ1) is 8.41. The predicted octanol–water partition coefficient (Wildman–Crippen LogP) is 2.22. The van der Waals surface area contributed by atoms with Crippen LogP contribution in [0.5, 0.6) is 5.88 Å². The van der Waals surface area contributed by atoms with E-state index >= 15 is 0 Å². The summed E-state index contributed by atoms with van der Waals surface area (Å²) in [5, 5.41) is 4.08. The second kappa shape index (κ2) is 6.45. The molecule has 0 saturated heterocycles. The quantitative estimate of drug-likeness (QED) is 0.752. The summed E-state index contributed by atoms with van der Waals surface area (Å²) in [4.78, 5) is 11.4. The molecule has 1 aromatic heterocycles. The Morgan fingerprint density at radius 2 is 2.17 bits per heavy atom. The van der Waals surface area contributed by atoms with Gasteiger partial charge in [0.1, 0.15) is 0 Å². The number of aromatic nitrogens is 2. The Balaban J connectivity index is 2.98. The summed E-state index contributed by atoms with van der Waals surface area (Å²) in [6, 6.07) is 1.48. The van der Waals surface area contributed by atoms with E-state index in [1.807, 2.05) is 13.8 Å². The van der Waals surface area contributed by atoms with Crippen LogP contribution in [-0.2, 0) is 23.4 Å². The highest BCUT2D eigenvalue weighted by Crippen LogP contribution is 2.48. The van der Waals surface area contributed by atoms with Gasteiger partial charge in [-0.25, -0.2) is 4.68 Å². The fraction of sp³-hybridized carbons (Fsp3) is 0.636. The van der Waals surface area contributed by atoms with Crippen molar-refractivity contribution in [2.45, 2.75) is 27.2 Å². The van der Waals surface area contributed by atoms with Crippen molar-refractivity contribution in [3.05, 3.63) is 22.0 Å². The number of hydrogen-bond donors (Lipinski definition) is 0. The van der Waals surface area contributed by atoms with Crippen LogP contribution in [0.4, 0.5) is 0 Å². The molecule has 1 rings (SSSR count). The van der Waals surface area contributed by atoms with Gasteiger partial charge < -0.3 is 9.05 Å². The van der Waals surface area contributed by atoms with Crippen molar-refractivity contribution >= 4 is 18.3 Å². The Morgan fingerprint density at radius 1 is 1.50 bits per heavy atom. The average molecular weight is 290 g/mol. The molecule has 0 aliphatic carbocycles. The van der Waals surface area contributed by atoms with Crippen LogP contribution in [0.1, 0.15) is 25.8 Å². The van der Waals surface area contributed by atoms with Crippen LogP contribution >= 0.6 is 6.49 Å². The first kappa shape index (κ1) is 15.3. The van der Waals surface area contributed by atoms with Gasteiger partial charge in [0.15, 0.2) is 0 Å². The van der Waals surface area contributed by atoms with E-state index in [4.69, 9.17) is 20.9 Å². The van der Waals surface area contributed by atoms with Gasteiger partial charge in [0.05, 0.1) is 6.61 Å². The molecule has 0 aromatic carbocycles. The van der Waals surface area contributed by atoms with Crippen LogP contribution in [0.25, 0.3) is 0 Å². The van der Waals surface area contributed by atoms with Gasteiger partial charge in [-0.05, 0) is 25.2 Å². The van der Waals surface area contributed by atoms with Crippen molar-refractivity contribution in [1.29, 1.82) is 0 Å². The third-order valence-corrected chi connectivity index (χ3v) is 5.46. The maximum atomic E-state index is 11.4. The van der Waals surface area contributed by atoms with Crippen LogP contribution < -0.4 is 10.1 Å². The molecule has 1 aromatic rings. The van der Waals surface area contributed by atoms with Crippen molar-refractivity contribution in [1.82, 2.24) is 9.78 Å². The van der Waals surface area contributed by atoms with E-state index < -0.39 is 6.49 Å². The molecule has 18 heavy (non-hydrogen) atoms. The molecule has 0 amide bonds. The maximum absolute atomic E-state index is 11.4. The minimum atomic E-state index is -2.35. The van der Waals surface area contributed by atoms with Crippen LogP contribution in [0.15, 0.2) is 10.9 Å². The van der Waals surface area contributed by atoms with Crippen LogP contribution in [0.3, 0.4) is 0 Å². The van der Waals surface area contributed by atoms with E-state index in [1.165, 1.54) is 10.7 Å². The van der Waals surface area contributed by atoms with Gasteiger partial charge in [-0.2, -0.15) is 0 Å². The summed E-state index contributed by atoms with van der Waals surface area (Å²) in [5.41, 5.74) is 0.514. The minimum absolute atomic E-state index is 0.167. The van der Waals surface area contributed by atoms with Gasteiger partial charge in [0.25, 0.3) is 5.56 Å².